The van der Waals surface area contributed by atoms with Crippen molar-refractivity contribution in [2.45, 2.75) is 33.2 Å². The summed E-state index contributed by atoms with van der Waals surface area (Å²) < 4.78 is 2.01. The van der Waals surface area contributed by atoms with E-state index in [0.29, 0.717) is 4.47 Å². The van der Waals surface area contributed by atoms with E-state index in [0.717, 1.165) is 18.7 Å². The maximum absolute atomic E-state index is 12.1. The van der Waals surface area contributed by atoms with Crippen LogP contribution in [0.2, 0.25) is 0 Å². The normalized spacial score (nSPS) is 10.9. The van der Waals surface area contributed by atoms with Crippen LogP contribution < -0.4 is 10.9 Å². The number of halogens is 1. The van der Waals surface area contributed by atoms with Crippen molar-refractivity contribution in [1.82, 2.24) is 9.78 Å². The van der Waals surface area contributed by atoms with Crippen LogP contribution in [0.1, 0.15) is 31.0 Å². The number of aryl methyl sites for hydroxylation is 1. The minimum atomic E-state index is -0.106. The van der Waals surface area contributed by atoms with E-state index in [2.05, 4.69) is 57.5 Å². The molecule has 0 aliphatic carbocycles. The molecule has 4 nitrogen and oxygen atoms in total. The molecule has 5 heteroatoms. The molecule has 0 radical (unpaired) electrons. The van der Waals surface area contributed by atoms with Crippen molar-refractivity contribution < 1.29 is 0 Å². The zero-order valence-electron chi connectivity index (χ0n) is 12.6. The second-order valence-corrected chi connectivity index (χ2v) is 6.17. The van der Waals surface area contributed by atoms with Gasteiger partial charge in [-0.2, -0.15) is 5.10 Å². The molecule has 0 amide bonds. The van der Waals surface area contributed by atoms with Gasteiger partial charge in [0, 0.05) is 6.54 Å². The summed E-state index contributed by atoms with van der Waals surface area (Å²) in [7, 11) is 0. The molecule has 0 bridgehead atoms. The lowest BCUT2D eigenvalue weighted by Gasteiger charge is -2.12. The molecule has 2 rings (SSSR count). The lowest BCUT2D eigenvalue weighted by molar-refractivity contribution is 0.501. The Bertz CT molecular complexity index is 679. The first-order chi connectivity index (χ1) is 9.99. The molecule has 0 fully saturated rings. The molecule has 112 valence electrons. The molecule has 1 aromatic heterocycles. The third-order valence-corrected chi connectivity index (χ3v) is 4.01. The Labute approximate surface area is 133 Å². The molecule has 0 unspecified atom stereocenters. The highest BCUT2D eigenvalue weighted by Crippen LogP contribution is 2.17. The summed E-state index contributed by atoms with van der Waals surface area (Å²) >= 11 is 3.36. The van der Waals surface area contributed by atoms with Crippen LogP contribution >= 0.6 is 15.9 Å². The van der Waals surface area contributed by atoms with Crippen molar-refractivity contribution in [3.8, 4) is 0 Å². The van der Waals surface area contributed by atoms with Gasteiger partial charge < -0.3 is 5.32 Å². The van der Waals surface area contributed by atoms with Crippen LogP contribution in [0.15, 0.2) is 39.7 Å². The van der Waals surface area contributed by atoms with E-state index in [-0.39, 0.29) is 11.6 Å². The number of hydrogen-bond donors (Lipinski definition) is 1. The Kier molecular flexibility index (Phi) is 5.17. The van der Waals surface area contributed by atoms with Gasteiger partial charge in [-0.05, 0) is 48.7 Å². The molecule has 1 heterocycles. The standard InChI is InChI=1S/C16H20BrN3O/c1-11(2)20-16(21)15(17)14(10-19-20)18-8-7-13-6-4-5-12(3)9-13/h4-6,9-11,18H,7-8H2,1-3H3. The predicted octanol–water partition coefficient (Wildman–Crippen LogP) is 3.55. The molecule has 0 aliphatic rings. The van der Waals surface area contributed by atoms with Crippen LogP contribution in [0.5, 0.6) is 0 Å². The van der Waals surface area contributed by atoms with Crippen LogP contribution in [0.3, 0.4) is 0 Å². The molecule has 0 spiro atoms. The van der Waals surface area contributed by atoms with Crippen molar-refractivity contribution >= 4 is 21.6 Å². The first-order valence-electron chi connectivity index (χ1n) is 7.05. The number of nitrogens with zero attached hydrogens (tertiary/aromatic N) is 2. The van der Waals surface area contributed by atoms with Gasteiger partial charge >= 0.3 is 0 Å². The van der Waals surface area contributed by atoms with Gasteiger partial charge in [-0.1, -0.05) is 29.8 Å². The molecule has 2 aromatic rings. The highest BCUT2D eigenvalue weighted by Gasteiger charge is 2.10. The van der Waals surface area contributed by atoms with Crippen molar-refractivity contribution in [2.75, 3.05) is 11.9 Å². The minimum Gasteiger partial charge on any atom is -0.382 e. The second kappa shape index (κ2) is 6.89. The van der Waals surface area contributed by atoms with E-state index >= 15 is 0 Å². The summed E-state index contributed by atoms with van der Waals surface area (Å²) in [6.45, 7) is 6.72. The second-order valence-electron chi connectivity index (χ2n) is 5.38. The van der Waals surface area contributed by atoms with Gasteiger partial charge in [0.05, 0.1) is 17.9 Å². The van der Waals surface area contributed by atoms with E-state index in [4.69, 9.17) is 0 Å². The number of nitrogens with one attached hydrogen (secondary N) is 1. The topological polar surface area (TPSA) is 46.9 Å². The Morgan fingerprint density at radius 3 is 2.81 bits per heavy atom. The fourth-order valence-corrected chi connectivity index (χ4v) is 2.57. The summed E-state index contributed by atoms with van der Waals surface area (Å²) in [6.07, 6.45) is 2.60. The maximum atomic E-state index is 12.1. The number of benzene rings is 1. The highest BCUT2D eigenvalue weighted by molar-refractivity contribution is 9.10. The first-order valence-corrected chi connectivity index (χ1v) is 7.85. The van der Waals surface area contributed by atoms with E-state index in [1.165, 1.54) is 15.8 Å². The van der Waals surface area contributed by atoms with Crippen molar-refractivity contribution in [3.63, 3.8) is 0 Å². The molecular formula is C16H20BrN3O. The summed E-state index contributed by atoms with van der Waals surface area (Å²) in [5.74, 6) is 0. The number of aromatic nitrogens is 2. The molecule has 0 saturated heterocycles. The Morgan fingerprint density at radius 2 is 2.14 bits per heavy atom. The zero-order valence-corrected chi connectivity index (χ0v) is 14.1. The average Bonchev–Trinajstić information content (AvgIpc) is 2.43. The Hall–Kier alpha value is -1.62. The molecule has 0 atom stereocenters. The molecule has 1 aromatic carbocycles. The lowest BCUT2D eigenvalue weighted by atomic mass is 10.1. The molecular weight excluding hydrogens is 330 g/mol. The summed E-state index contributed by atoms with van der Waals surface area (Å²) in [5, 5.41) is 7.46. The maximum Gasteiger partial charge on any atom is 0.283 e. The monoisotopic (exact) mass is 349 g/mol. The van der Waals surface area contributed by atoms with Gasteiger partial charge in [-0.15, -0.1) is 0 Å². The average molecular weight is 350 g/mol. The minimum absolute atomic E-state index is 0.0511. The number of rotatable bonds is 5. The molecule has 0 aliphatic heterocycles. The number of hydrogen-bond acceptors (Lipinski definition) is 3. The fourth-order valence-electron chi connectivity index (χ4n) is 2.15. The van der Waals surface area contributed by atoms with E-state index in [9.17, 15) is 4.79 Å². The van der Waals surface area contributed by atoms with E-state index < -0.39 is 0 Å². The first kappa shape index (κ1) is 15.8. The summed E-state index contributed by atoms with van der Waals surface area (Å²) in [6, 6.07) is 8.48. The predicted molar refractivity (Wildman–Crippen MR) is 90.0 cm³/mol. The molecule has 21 heavy (non-hydrogen) atoms. The van der Waals surface area contributed by atoms with E-state index in [1.54, 1.807) is 6.20 Å². The van der Waals surface area contributed by atoms with Crippen LogP contribution in [0, 0.1) is 6.92 Å². The van der Waals surface area contributed by atoms with Gasteiger partial charge in [-0.25, -0.2) is 4.68 Å². The van der Waals surface area contributed by atoms with Gasteiger partial charge in [0.1, 0.15) is 4.47 Å². The Balaban J connectivity index is 2.04. The SMILES string of the molecule is Cc1cccc(CCNc2cnn(C(C)C)c(=O)c2Br)c1. The molecule has 0 saturated carbocycles. The van der Waals surface area contributed by atoms with Gasteiger partial charge in [0.25, 0.3) is 5.56 Å². The van der Waals surface area contributed by atoms with Gasteiger partial charge in [0.2, 0.25) is 0 Å². The van der Waals surface area contributed by atoms with Crippen LogP contribution in [0.4, 0.5) is 5.69 Å². The third kappa shape index (κ3) is 3.94. The van der Waals surface area contributed by atoms with Crippen LogP contribution in [-0.2, 0) is 6.42 Å². The molecule has 1 N–H and O–H groups in total. The smallest absolute Gasteiger partial charge is 0.283 e. The van der Waals surface area contributed by atoms with Gasteiger partial charge in [-0.3, -0.25) is 4.79 Å². The van der Waals surface area contributed by atoms with Crippen molar-refractivity contribution in [3.05, 3.63) is 56.4 Å². The fraction of sp³-hybridized carbons (Fsp3) is 0.375. The summed E-state index contributed by atoms with van der Waals surface area (Å²) in [4.78, 5) is 12.1. The third-order valence-electron chi connectivity index (χ3n) is 3.24. The van der Waals surface area contributed by atoms with E-state index in [1.807, 2.05) is 13.8 Å². The summed E-state index contributed by atoms with van der Waals surface area (Å²) in [5.41, 5.74) is 3.17. The Morgan fingerprint density at radius 1 is 1.38 bits per heavy atom. The quantitative estimate of drug-likeness (QED) is 0.897. The van der Waals surface area contributed by atoms with Crippen LogP contribution in [-0.4, -0.2) is 16.3 Å². The highest BCUT2D eigenvalue weighted by atomic mass is 79.9. The van der Waals surface area contributed by atoms with Crippen molar-refractivity contribution in [2.24, 2.45) is 0 Å². The van der Waals surface area contributed by atoms with Gasteiger partial charge in [0.15, 0.2) is 0 Å². The van der Waals surface area contributed by atoms with Crippen LogP contribution in [0.25, 0.3) is 0 Å². The zero-order chi connectivity index (χ0) is 15.4. The number of anilines is 1. The largest absolute Gasteiger partial charge is 0.382 e. The van der Waals surface area contributed by atoms with Crippen molar-refractivity contribution in [1.29, 1.82) is 0 Å². The lowest BCUT2D eigenvalue weighted by Crippen LogP contribution is -2.26.